The summed E-state index contributed by atoms with van der Waals surface area (Å²) in [5, 5.41) is 10.4. The Kier molecular flexibility index (Phi) is 7.93. The highest BCUT2D eigenvalue weighted by atomic mass is 35.5. The van der Waals surface area contributed by atoms with Crippen molar-refractivity contribution in [2.75, 3.05) is 19.1 Å². The van der Waals surface area contributed by atoms with Crippen molar-refractivity contribution >= 4 is 29.2 Å². The smallest absolute Gasteiger partial charge is 0.355 e. The van der Waals surface area contributed by atoms with Crippen molar-refractivity contribution in [3.63, 3.8) is 0 Å². The molecule has 4 rings (SSSR count). The SMILES string of the molecule is COC(=O)C1=C(C(=O)OC)N(c2ccc(Oc3ccc(C)cc3C)c(Cl)c2)C(N)=C(C#N)C1c1ccccc1. The number of carbonyl (C=O) groups excluding carboxylic acids is 2. The van der Waals surface area contributed by atoms with Crippen LogP contribution in [-0.2, 0) is 19.1 Å². The van der Waals surface area contributed by atoms with E-state index < -0.39 is 17.9 Å². The van der Waals surface area contributed by atoms with Crippen LogP contribution in [0.5, 0.6) is 11.5 Å². The second kappa shape index (κ2) is 11.3. The van der Waals surface area contributed by atoms with E-state index in [4.69, 9.17) is 31.5 Å². The van der Waals surface area contributed by atoms with Crippen molar-refractivity contribution in [3.8, 4) is 17.6 Å². The third-order valence-electron chi connectivity index (χ3n) is 6.33. The lowest BCUT2D eigenvalue weighted by atomic mass is 9.81. The lowest BCUT2D eigenvalue weighted by Gasteiger charge is -2.36. The van der Waals surface area contributed by atoms with Gasteiger partial charge in [0.2, 0.25) is 0 Å². The van der Waals surface area contributed by atoms with Gasteiger partial charge >= 0.3 is 11.9 Å². The summed E-state index contributed by atoms with van der Waals surface area (Å²) in [6.07, 6.45) is 0. The van der Waals surface area contributed by atoms with Crippen LogP contribution in [0.2, 0.25) is 5.02 Å². The lowest BCUT2D eigenvalue weighted by Crippen LogP contribution is -2.40. The van der Waals surface area contributed by atoms with E-state index in [0.29, 0.717) is 22.7 Å². The van der Waals surface area contributed by atoms with Gasteiger partial charge in [-0.05, 0) is 49.2 Å². The molecule has 198 valence electrons. The topological polar surface area (TPSA) is 115 Å². The second-order valence-corrected chi connectivity index (χ2v) is 9.23. The highest BCUT2D eigenvalue weighted by molar-refractivity contribution is 6.32. The Bertz CT molecular complexity index is 1560. The molecule has 2 N–H and O–H groups in total. The fraction of sp³-hybridized carbons (Fsp3) is 0.167. The number of rotatable bonds is 6. The molecular weight excluding hydrogens is 518 g/mol. The largest absolute Gasteiger partial charge is 0.466 e. The number of carbonyl (C=O) groups is 2. The zero-order chi connectivity index (χ0) is 28.3. The molecule has 0 aromatic heterocycles. The summed E-state index contributed by atoms with van der Waals surface area (Å²) in [6, 6.07) is 21.4. The Labute approximate surface area is 231 Å². The first-order chi connectivity index (χ1) is 18.7. The number of hydrogen-bond acceptors (Lipinski definition) is 8. The average molecular weight is 544 g/mol. The first-order valence-electron chi connectivity index (χ1n) is 11.9. The van der Waals surface area contributed by atoms with Crippen molar-refractivity contribution in [1.29, 1.82) is 5.26 Å². The number of nitriles is 1. The zero-order valence-corrected chi connectivity index (χ0v) is 22.6. The van der Waals surface area contributed by atoms with Crippen molar-refractivity contribution in [1.82, 2.24) is 0 Å². The number of methoxy groups -OCH3 is 2. The van der Waals surface area contributed by atoms with Crippen LogP contribution >= 0.6 is 11.6 Å². The number of ether oxygens (including phenoxy) is 3. The summed E-state index contributed by atoms with van der Waals surface area (Å²) in [6.45, 7) is 3.92. The molecule has 3 aromatic rings. The van der Waals surface area contributed by atoms with Gasteiger partial charge in [0.1, 0.15) is 23.0 Å². The van der Waals surface area contributed by atoms with E-state index in [9.17, 15) is 14.9 Å². The first kappa shape index (κ1) is 27.3. The molecule has 9 heteroatoms. The molecule has 0 fully saturated rings. The summed E-state index contributed by atoms with van der Waals surface area (Å²) in [5.41, 5.74) is 9.24. The third kappa shape index (κ3) is 5.17. The molecular formula is C30H26ClN3O5. The summed E-state index contributed by atoms with van der Waals surface area (Å²) in [5.74, 6) is -1.67. The maximum absolute atomic E-state index is 13.2. The molecule has 0 amide bonds. The molecule has 0 spiro atoms. The molecule has 1 aliphatic heterocycles. The zero-order valence-electron chi connectivity index (χ0n) is 21.8. The van der Waals surface area contributed by atoms with Gasteiger partial charge in [-0.2, -0.15) is 5.26 Å². The second-order valence-electron chi connectivity index (χ2n) is 8.82. The molecule has 0 bridgehead atoms. The molecule has 0 saturated heterocycles. The van der Waals surface area contributed by atoms with Gasteiger partial charge in [0, 0.05) is 5.69 Å². The van der Waals surface area contributed by atoms with E-state index in [0.717, 1.165) is 11.1 Å². The summed E-state index contributed by atoms with van der Waals surface area (Å²) in [4.78, 5) is 27.7. The van der Waals surface area contributed by atoms with Crippen molar-refractivity contribution in [2.24, 2.45) is 5.73 Å². The number of nitrogens with zero attached hydrogens (tertiary/aromatic N) is 2. The lowest BCUT2D eigenvalue weighted by molar-refractivity contribution is -0.139. The van der Waals surface area contributed by atoms with Crippen LogP contribution in [-0.4, -0.2) is 26.2 Å². The summed E-state index contributed by atoms with van der Waals surface area (Å²) < 4.78 is 16.1. The Hall–Kier alpha value is -4.74. The number of aryl methyl sites for hydroxylation is 2. The van der Waals surface area contributed by atoms with Crippen molar-refractivity contribution < 1.29 is 23.8 Å². The molecule has 3 aromatic carbocycles. The Balaban J connectivity index is 1.90. The minimum atomic E-state index is -0.961. The van der Waals surface area contributed by atoms with Crippen molar-refractivity contribution in [2.45, 2.75) is 19.8 Å². The fourth-order valence-electron chi connectivity index (χ4n) is 4.53. The third-order valence-corrected chi connectivity index (χ3v) is 6.63. The molecule has 1 unspecified atom stereocenters. The maximum atomic E-state index is 13.2. The monoisotopic (exact) mass is 543 g/mol. The van der Waals surface area contributed by atoms with Crippen molar-refractivity contribution in [3.05, 3.63) is 111 Å². The van der Waals surface area contributed by atoms with Gasteiger partial charge in [0.25, 0.3) is 0 Å². The van der Waals surface area contributed by atoms with Crippen LogP contribution in [0.25, 0.3) is 0 Å². The molecule has 1 atom stereocenters. The standard InChI is InChI=1S/C30H26ClN3O5/c1-17-10-12-23(18(2)14-17)39-24-13-11-20(15-22(24)31)34-27(30(36)38-4)26(29(35)37-3)25(21(16-32)28(34)33)19-8-6-5-7-9-19/h5-15,25H,33H2,1-4H3. The molecule has 0 radical (unpaired) electrons. The minimum absolute atomic E-state index is 0.0565. The van der Waals surface area contributed by atoms with Gasteiger partial charge in [-0.3, -0.25) is 4.90 Å². The molecule has 8 nitrogen and oxygen atoms in total. The fourth-order valence-corrected chi connectivity index (χ4v) is 4.74. The average Bonchev–Trinajstić information content (AvgIpc) is 2.94. The maximum Gasteiger partial charge on any atom is 0.355 e. The first-order valence-corrected chi connectivity index (χ1v) is 12.3. The van der Waals surface area contributed by atoms with Crippen LogP contribution in [0.4, 0.5) is 5.69 Å². The van der Waals surface area contributed by atoms with Gasteiger partial charge in [-0.1, -0.05) is 59.6 Å². The predicted octanol–water partition coefficient (Wildman–Crippen LogP) is 5.65. The molecule has 0 aliphatic carbocycles. The van der Waals surface area contributed by atoms with Gasteiger partial charge in [0.15, 0.2) is 0 Å². The van der Waals surface area contributed by atoms with Crippen LogP contribution in [0.3, 0.4) is 0 Å². The minimum Gasteiger partial charge on any atom is -0.466 e. The Morgan fingerprint density at radius 2 is 1.62 bits per heavy atom. The number of hydrogen-bond donors (Lipinski definition) is 1. The Morgan fingerprint density at radius 1 is 0.949 bits per heavy atom. The number of halogens is 1. The van der Waals surface area contributed by atoms with Crippen LogP contribution in [0.1, 0.15) is 22.6 Å². The molecule has 39 heavy (non-hydrogen) atoms. The normalized spacial score (nSPS) is 15.1. The number of nitrogens with two attached hydrogens (primary N) is 1. The molecule has 0 saturated carbocycles. The molecule has 1 aliphatic rings. The van der Waals surface area contributed by atoms with Crippen LogP contribution in [0, 0.1) is 25.2 Å². The van der Waals surface area contributed by atoms with Gasteiger partial charge < -0.3 is 19.9 Å². The summed E-state index contributed by atoms with van der Waals surface area (Å²) >= 11 is 6.61. The van der Waals surface area contributed by atoms with Gasteiger partial charge in [-0.15, -0.1) is 0 Å². The van der Waals surface area contributed by atoms with Gasteiger partial charge in [-0.25, -0.2) is 9.59 Å². The van der Waals surface area contributed by atoms with E-state index in [1.807, 2.05) is 32.0 Å². The summed E-state index contributed by atoms with van der Waals surface area (Å²) in [7, 11) is 2.38. The Morgan fingerprint density at radius 3 is 2.21 bits per heavy atom. The molecule has 1 heterocycles. The predicted molar refractivity (Wildman–Crippen MR) is 147 cm³/mol. The number of esters is 2. The van der Waals surface area contributed by atoms with E-state index in [-0.39, 0.29) is 27.7 Å². The van der Waals surface area contributed by atoms with E-state index in [1.165, 1.54) is 25.2 Å². The number of anilines is 1. The highest BCUT2D eigenvalue weighted by Crippen LogP contribution is 2.44. The van der Waals surface area contributed by atoms with Crippen LogP contribution < -0.4 is 15.4 Å². The highest BCUT2D eigenvalue weighted by Gasteiger charge is 2.43. The number of allylic oxidation sites excluding steroid dienone is 1. The number of benzene rings is 3. The van der Waals surface area contributed by atoms with E-state index in [2.05, 4.69) is 6.07 Å². The van der Waals surface area contributed by atoms with E-state index in [1.54, 1.807) is 42.5 Å². The van der Waals surface area contributed by atoms with Crippen LogP contribution in [0.15, 0.2) is 89.4 Å². The van der Waals surface area contributed by atoms with E-state index >= 15 is 0 Å². The quantitative estimate of drug-likeness (QED) is 0.397. The van der Waals surface area contributed by atoms with Gasteiger partial charge in [0.05, 0.1) is 42.4 Å².